The number of benzene rings is 2. The first kappa shape index (κ1) is 19.5. The van der Waals surface area contributed by atoms with Gasteiger partial charge in [0.2, 0.25) is 15.9 Å². The summed E-state index contributed by atoms with van der Waals surface area (Å²) in [4.78, 5) is 12.1. The average molecular weight is 403 g/mol. The Morgan fingerprint density at radius 1 is 1.08 bits per heavy atom. The number of carbonyl (C=O) groups excluding carboxylic acids is 1. The molecule has 9 heteroatoms. The first-order valence-electron chi connectivity index (χ1n) is 7.20. The minimum Gasteiger partial charge on any atom is -0.495 e. The van der Waals surface area contributed by atoms with Gasteiger partial charge in [0.25, 0.3) is 0 Å². The number of hydrogen-bond donors (Lipinski definition) is 2. The van der Waals surface area contributed by atoms with Gasteiger partial charge in [-0.1, -0.05) is 23.2 Å². The van der Waals surface area contributed by atoms with E-state index in [1.165, 1.54) is 31.4 Å². The highest BCUT2D eigenvalue weighted by Gasteiger charge is 2.14. The predicted molar refractivity (Wildman–Crippen MR) is 97.9 cm³/mol. The van der Waals surface area contributed by atoms with Crippen LogP contribution in [0, 0.1) is 0 Å². The Hall–Kier alpha value is -1.80. The van der Waals surface area contributed by atoms with E-state index < -0.39 is 10.0 Å². The number of sulfonamides is 1. The fourth-order valence-corrected chi connectivity index (χ4v) is 3.32. The molecule has 0 aliphatic rings. The molecule has 134 valence electrons. The summed E-state index contributed by atoms with van der Waals surface area (Å²) < 4.78 is 31.7. The maximum atomic E-state index is 12.1. The number of rotatable bonds is 7. The van der Waals surface area contributed by atoms with Gasteiger partial charge in [-0.05, 0) is 42.5 Å². The monoisotopic (exact) mass is 402 g/mol. The van der Waals surface area contributed by atoms with Crippen molar-refractivity contribution in [1.29, 1.82) is 0 Å². The van der Waals surface area contributed by atoms with E-state index >= 15 is 0 Å². The van der Waals surface area contributed by atoms with E-state index in [1.54, 1.807) is 18.2 Å². The lowest BCUT2D eigenvalue weighted by Gasteiger charge is -2.11. The maximum absolute atomic E-state index is 12.1. The summed E-state index contributed by atoms with van der Waals surface area (Å²) in [5, 5.41) is 3.52. The molecular weight excluding hydrogens is 387 g/mol. The van der Waals surface area contributed by atoms with Gasteiger partial charge in [-0.3, -0.25) is 4.79 Å². The van der Waals surface area contributed by atoms with Crippen molar-refractivity contribution in [2.75, 3.05) is 19.0 Å². The van der Waals surface area contributed by atoms with Crippen LogP contribution in [0.4, 0.5) is 5.69 Å². The van der Waals surface area contributed by atoms with Crippen LogP contribution in [0.2, 0.25) is 10.0 Å². The molecule has 0 aliphatic heterocycles. The highest BCUT2D eigenvalue weighted by Crippen LogP contribution is 2.27. The molecule has 0 aromatic heterocycles. The third-order valence-electron chi connectivity index (χ3n) is 3.20. The van der Waals surface area contributed by atoms with Crippen LogP contribution in [-0.4, -0.2) is 28.0 Å². The van der Waals surface area contributed by atoms with Crippen molar-refractivity contribution in [3.8, 4) is 5.75 Å². The molecule has 0 aliphatic carbocycles. The third kappa shape index (κ3) is 5.61. The summed E-state index contributed by atoms with van der Waals surface area (Å²) in [6.07, 6.45) is -0.0531. The summed E-state index contributed by atoms with van der Waals surface area (Å²) in [5.41, 5.74) is 0.417. The fourth-order valence-electron chi connectivity index (χ4n) is 1.99. The quantitative estimate of drug-likeness (QED) is 0.743. The molecule has 2 N–H and O–H groups in total. The molecule has 0 atom stereocenters. The molecule has 0 fully saturated rings. The Labute approximate surface area is 156 Å². The van der Waals surface area contributed by atoms with E-state index in [9.17, 15) is 13.2 Å². The first-order valence-corrected chi connectivity index (χ1v) is 9.44. The fraction of sp³-hybridized carbons (Fsp3) is 0.188. The molecule has 0 saturated heterocycles. The summed E-state index contributed by atoms with van der Waals surface area (Å²) >= 11 is 11.6. The number of anilines is 1. The van der Waals surface area contributed by atoms with Gasteiger partial charge in [0.05, 0.1) is 17.7 Å². The lowest BCUT2D eigenvalue weighted by atomic mass is 10.2. The molecule has 0 heterocycles. The van der Waals surface area contributed by atoms with Gasteiger partial charge < -0.3 is 10.1 Å². The highest BCUT2D eigenvalue weighted by molar-refractivity contribution is 7.89. The molecule has 0 bridgehead atoms. The number of amides is 1. The molecule has 0 saturated carbocycles. The first-order chi connectivity index (χ1) is 11.8. The van der Waals surface area contributed by atoms with Crippen LogP contribution in [0.1, 0.15) is 6.42 Å². The van der Waals surface area contributed by atoms with Crippen LogP contribution in [-0.2, 0) is 14.8 Å². The van der Waals surface area contributed by atoms with Gasteiger partial charge in [0.1, 0.15) is 5.75 Å². The van der Waals surface area contributed by atoms with Crippen LogP contribution >= 0.6 is 23.2 Å². The van der Waals surface area contributed by atoms with Crippen molar-refractivity contribution in [3.05, 3.63) is 52.5 Å². The molecule has 0 spiro atoms. The van der Waals surface area contributed by atoms with Crippen LogP contribution in [0.3, 0.4) is 0 Å². The Balaban J connectivity index is 1.92. The van der Waals surface area contributed by atoms with E-state index in [1.807, 2.05) is 0 Å². The van der Waals surface area contributed by atoms with E-state index in [4.69, 9.17) is 27.9 Å². The zero-order valence-corrected chi connectivity index (χ0v) is 15.6. The summed E-state index contributed by atoms with van der Waals surface area (Å²) in [6.45, 7) is -0.0559. The molecule has 1 amide bonds. The third-order valence-corrected chi connectivity index (χ3v) is 5.17. The minimum absolute atomic E-state index is 0.0531. The number of hydrogen-bond acceptors (Lipinski definition) is 4. The van der Waals surface area contributed by atoms with Crippen LogP contribution in [0.5, 0.6) is 5.75 Å². The molecule has 2 aromatic carbocycles. The molecule has 25 heavy (non-hydrogen) atoms. The van der Waals surface area contributed by atoms with E-state index in [2.05, 4.69) is 10.0 Å². The second kappa shape index (κ2) is 8.53. The average Bonchev–Trinajstić information content (AvgIpc) is 2.55. The van der Waals surface area contributed by atoms with Crippen molar-refractivity contribution in [3.63, 3.8) is 0 Å². The predicted octanol–water partition coefficient (Wildman–Crippen LogP) is 3.31. The molecule has 6 nitrogen and oxygen atoms in total. The lowest BCUT2D eigenvalue weighted by molar-refractivity contribution is -0.116. The summed E-state index contributed by atoms with van der Waals surface area (Å²) in [5.74, 6) is 0.0823. The zero-order chi connectivity index (χ0) is 18.4. The van der Waals surface area contributed by atoms with E-state index in [0.717, 1.165) is 0 Å². The largest absolute Gasteiger partial charge is 0.495 e. The van der Waals surface area contributed by atoms with Crippen molar-refractivity contribution in [2.45, 2.75) is 11.3 Å². The Kier molecular flexibility index (Phi) is 6.66. The van der Waals surface area contributed by atoms with Crippen LogP contribution in [0.15, 0.2) is 47.4 Å². The van der Waals surface area contributed by atoms with E-state index in [0.29, 0.717) is 21.5 Å². The second-order valence-corrected chi connectivity index (χ2v) is 7.63. The summed E-state index contributed by atoms with van der Waals surface area (Å²) in [7, 11) is -2.23. The Morgan fingerprint density at radius 2 is 1.72 bits per heavy atom. The number of halogens is 2. The number of ether oxygens (including phenoxy) is 1. The number of carbonyl (C=O) groups is 1. The van der Waals surface area contributed by atoms with Crippen molar-refractivity contribution < 1.29 is 17.9 Å². The Morgan fingerprint density at radius 3 is 2.36 bits per heavy atom. The second-order valence-electron chi connectivity index (χ2n) is 4.99. The van der Waals surface area contributed by atoms with Gasteiger partial charge in [-0.15, -0.1) is 0 Å². The van der Waals surface area contributed by atoms with Gasteiger partial charge in [0, 0.05) is 23.0 Å². The minimum atomic E-state index is -3.70. The summed E-state index contributed by atoms with van der Waals surface area (Å²) in [6, 6.07) is 10.6. The van der Waals surface area contributed by atoms with Gasteiger partial charge in [-0.25, -0.2) is 13.1 Å². The van der Waals surface area contributed by atoms with Crippen molar-refractivity contribution in [2.24, 2.45) is 0 Å². The normalized spacial score (nSPS) is 11.2. The van der Waals surface area contributed by atoms with Gasteiger partial charge in [0.15, 0.2) is 0 Å². The molecule has 0 unspecified atom stereocenters. The smallest absolute Gasteiger partial charge is 0.240 e. The van der Waals surface area contributed by atoms with Gasteiger partial charge >= 0.3 is 0 Å². The topological polar surface area (TPSA) is 84.5 Å². The van der Waals surface area contributed by atoms with Crippen LogP contribution < -0.4 is 14.8 Å². The standard InChI is InChI=1S/C16H16Cl2N2O4S/c1-24-15-7-4-12(18)10-14(15)20-16(21)8-9-19-25(22,23)13-5-2-11(17)3-6-13/h2-7,10,19H,8-9H2,1H3,(H,20,21). The highest BCUT2D eigenvalue weighted by atomic mass is 35.5. The Bertz CT molecular complexity index is 855. The molecule has 0 radical (unpaired) electrons. The van der Waals surface area contributed by atoms with Crippen molar-refractivity contribution >= 4 is 44.8 Å². The van der Waals surface area contributed by atoms with E-state index in [-0.39, 0.29) is 23.8 Å². The van der Waals surface area contributed by atoms with Gasteiger partial charge in [-0.2, -0.15) is 0 Å². The van der Waals surface area contributed by atoms with Crippen LogP contribution in [0.25, 0.3) is 0 Å². The molecule has 2 rings (SSSR count). The number of methoxy groups -OCH3 is 1. The molecular formula is C16H16Cl2N2O4S. The SMILES string of the molecule is COc1ccc(Cl)cc1NC(=O)CCNS(=O)(=O)c1ccc(Cl)cc1. The zero-order valence-electron chi connectivity index (χ0n) is 13.3. The lowest BCUT2D eigenvalue weighted by Crippen LogP contribution is -2.27. The maximum Gasteiger partial charge on any atom is 0.240 e. The van der Waals surface area contributed by atoms with Crippen molar-refractivity contribution in [1.82, 2.24) is 4.72 Å². The molecule has 2 aromatic rings. The number of nitrogens with one attached hydrogen (secondary N) is 2.